The third kappa shape index (κ3) is 5.36. The van der Waals surface area contributed by atoms with Crippen molar-refractivity contribution in [3.8, 4) is 0 Å². The molecule has 134 valence electrons. The average Bonchev–Trinajstić information content (AvgIpc) is 3.07. The topological polar surface area (TPSA) is 78.9 Å². The molecular weight excluding hydrogens is 326 g/mol. The van der Waals surface area contributed by atoms with E-state index in [0.717, 1.165) is 31.2 Å². The molecule has 0 bridgehead atoms. The maximum Gasteiger partial charge on any atom is 0.407 e. The highest BCUT2D eigenvalue weighted by molar-refractivity contribution is 7.09. The van der Waals surface area contributed by atoms with Crippen LogP contribution in [-0.4, -0.2) is 53.7 Å². The SMILES string of the molecule is CN=C(NCc1scnc1C)N1CCC(NC(=O)OC(C)(C)C)C1. The lowest BCUT2D eigenvalue weighted by molar-refractivity contribution is 0.0507. The number of nitrogens with one attached hydrogen (secondary N) is 2. The maximum atomic E-state index is 11.9. The van der Waals surface area contributed by atoms with E-state index in [1.807, 2.05) is 33.2 Å². The molecule has 24 heavy (non-hydrogen) atoms. The van der Waals surface area contributed by atoms with Gasteiger partial charge in [0.15, 0.2) is 5.96 Å². The summed E-state index contributed by atoms with van der Waals surface area (Å²) in [6.07, 6.45) is 0.511. The minimum Gasteiger partial charge on any atom is -0.444 e. The predicted octanol–water partition coefficient (Wildman–Crippen LogP) is 2.13. The predicted molar refractivity (Wildman–Crippen MR) is 96.4 cm³/mol. The Balaban J connectivity index is 1.82. The fourth-order valence-corrected chi connectivity index (χ4v) is 3.25. The van der Waals surface area contributed by atoms with Crippen LogP contribution in [0.3, 0.4) is 0 Å². The summed E-state index contributed by atoms with van der Waals surface area (Å²) < 4.78 is 5.31. The van der Waals surface area contributed by atoms with E-state index in [1.54, 1.807) is 18.4 Å². The van der Waals surface area contributed by atoms with Crippen molar-refractivity contribution in [2.24, 2.45) is 4.99 Å². The molecule has 1 aromatic heterocycles. The molecule has 1 unspecified atom stereocenters. The second-order valence-corrected chi connectivity index (χ2v) is 7.78. The molecule has 2 rings (SSSR count). The Morgan fingerprint density at radius 2 is 2.29 bits per heavy atom. The number of carbonyl (C=O) groups excluding carboxylic acids is 1. The molecule has 8 heteroatoms. The van der Waals surface area contributed by atoms with Crippen LogP contribution in [0, 0.1) is 6.92 Å². The van der Waals surface area contributed by atoms with Crippen LogP contribution < -0.4 is 10.6 Å². The zero-order valence-electron chi connectivity index (χ0n) is 15.0. The van der Waals surface area contributed by atoms with Crippen molar-refractivity contribution in [3.05, 3.63) is 16.1 Å². The van der Waals surface area contributed by atoms with Crippen molar-refractivity contribution >= 4 is 23.4 Å². The monoisotopic (exact) mass is 353 g/mol. The Morgan fingerprint density at radius 1 is 1.54 bits per heavy atom. The van der Waals surface area contributed by atoms with Gasteiger partial charge in [-0.3, -0.25) is 4.99 Å². The summed E-state index contributed by atoms with van der Waals surface area (Å²) in [5.74, 6) is 0.844. The number of aromatic nitrogens is 1. The van der Waals surface area contributed by atoms with Gasteiger partial charge in [0.05, 0.1) is 23.8 Å². The third-order valence-electron chi connectivity index (χ3n) is 3.67. The van der Waals surface area contributed by atoms with Gasteiger partial charge in [-0.05, 0) is 34.1 Å². The fourth-order valence-electron chi connectivity index (χ4n) is 2.53. The zero-order chi connectivity index (χ0) is 17.7. The van der Waals surface area contributed by atoms with Gasteiger partial charge in [-0.15, -0.1) is 11.3 Å². The Bertz CT molecular complexity index is 594. The van der Waals surface area contributed by atoms with Crippen molar-refractivity contribution in [3.63, 3.8) is 0 Å². The number of guanidine groups is 1. The van der Waals surface area contributed by atoms with Crippen molar-refractivity contribution in [2.45, 2.75) is 52.3 Å². The number of hydrogen-bond acceptors (Lipinski definition) is 5. The third-order valence-corrected chi connectivity index (χ3v) is 4.61. The number of likely N-dealkylation sites (tertiary alicyclic amines) is 1. The maximum absolute atomic E-state index is 11.9. The number of hydrogen-bond donors (Lipinski definition) is 2. The summed E-state index contributed by atoms with van der Waals surface area (Å²) >= 11 is 1.64. The highest BCUT2D eigenvalue weighted by Gasteiger charge is 2.27. The Hall–Kier alpha value is -1.83. The van der Waals surface area contributed by atoms with Crippen LogP contribution in [0.25, 0.3) is 0 Å². The molecule has 2 N–H and O–H groups in total. The fraction of sp³-hybridized carbons (Fsp3) is 0.688. The van der Waals surface area contributed by atoms with E-state index in [4.69, 9.17) is 4.74 Å². The van der Waals surface area contributed by atoms with Gasteiger partial charge in [-0.1, -0.05) is 0 Å². The van der Waals surface area contributed by atoms with Crippen LogP contribution in [0.1, 0.15) is 37.8 Å². The lowest BCUT2D eigenvalue weighted by Gasteiger charge is -2.23. The van der Waals surface area contributed by atoms with E-state index in [2.05, 4.69) is 25.5 Å². The van der Waals surface area contributed by atoms with Gasteiger partial charge in [-0.25, -0.2) is 9.78 Å². The molecule has 1 aromatic rings. The number of aryl methyl sites for hydroxylation is 1. The molecule has 1 atom stereocenters. The van der Waals surface area contributed by atoms with Crippen LogP contribution in [0.4, 0.5) is 4.79 Å². The number of carbonyl (C=O) groups is 1. The molecule has 2 heterocycles. The van der Waals surface area contributed by atoms with Crippen molar-refractivity contribution in [2.75, 3.05) is 20.1 Å². The molecule has 0 aromatic carbocycles. The Kier molecular flexibility index (Phi) is 6.04. The van der Waals surface area contributed by atoms with Gasteiger partial charge < -0.3 is 20.3 Å². The van der Waals surface area contributed by atoms with Gasteiger partial charge in [0.1, 0.15) is 5.60 Å². The summed E-state index contributed by atoms with van der Waals surface area (Å²) in [7, 11) is 1.77. The number of alkyl carbamates (subject to hydrolysis) is 1. The number of amides is 1. The van der Waals surface area contributed by atoms with Crippen molar-refractivity contribution in [1.29, 1.82) is 0 Å². The molecule has 1 aliphatic rings. The second-order valence-electron chi connectivity index (χ2n) is 6.84. The summed E-state index contributed by atoms with van der Waals surface area (Å²) in [5, 5.41) is 6.30. The number of rotatable bonds is 3. The van der Waals surface area contributed by atoms with Gasteiger partial charge in [0.2, 0.25) is 0 Å². The zero-order valence-corrected chi connectivity index (χ0v) is 15.9. The summed E-state index contributed by atoms with van der Waals surface area (Å²) in [6.45, 7) is 9.88. The van der Waals surface area contributed by atoms with Crippen molar-refractivity contribution in [1.82, 2.24) is 20.5 Å². The molecule has 0 aliphatic carbocycles. The molecule has 0 radical (unpaired) electrons. The van der Waals surface area contributed by atoms with E-state index in [0.29, 0.717) is 6.54 Å². The van der Waals surface area contributed by atoms with Gasteiger partial charge in [0.25, 0.3) is 0 Å². The summed E-state index contributed by atoms with van der Waals surface area (Å²) in [4.78, 5) is 23.8. The molecular formula is C16H27N5O2S. The first-order valence-electron chi connectivity index (χ1n) is 8.12. The van der Waals surface area contributed by atoms with Gasteiger partial charge in [0, 0.05) is 25.0 Å². The molecule has 1 fully saturated rings. The Labute approximate surface area is 147 Å². The largest absolute Gasteiger partial charge is 0.444 e. The molecule has 1 aliphatic heterocycles. The minimum absolute atomic E-state index is 0.0727. The standard InChI is InChI=1S/C16H27N5O2S/c1-11-13(24-10-19-11)8-18-14(17-5)21-7-6-12(9-21)20-15(22)23-16(2,3)4/h10,12H,6-9H2,1-5H3,(H,17,18)(H,20,22). The van der Waals surface area contributed by atoms with E-state index in [-0.39, 0.29) is 12.1 Å². The highest BCUT2D eigenvalue weighted by Crippen LogP contribution is 2.14. The van der Waals surface area contributed by atoms with Crippen LogP contribution in [-0.2, 0) is 11.3 Å². The van der Waals surface area contributed by atoms with Crippen molar-refractivity contribution < 1.29 is 9.53 Å². The van der Waals surface area contributed by atoms with Crippen LogP contribution in [0.5, 0.6) is 0 Å². The molecule has 7 nitrogen and oxygen atoms in total. The van der Waals surface area contributed by atoms with Crippen LogP contribution in [0.15, 0.2) is 10.5 Å². The first-order chi connectivity index (χ1) is 11.3. The highest BCUT2D eigenvalue weighted by atomic mass is 32.1. The summed E-state index contributed by atoms with van der Waals surface area (Å²) in [6, 6.07) is 0.0727. The quantitative estimate of drug-likeness (QED) is 0.643. The lowest BCUT2D eigenvalue weighted by Crippen LogP contribution is -2.44. The molecule has 0 saturated carbocycles. The van der Waals surface area contributed by atoms with Crippen LogP contribution in [0.2, 0.25) is 0 Å². The first-order valence-corrected chi connectivity index (χ1v) is 9.00. The molecule has 0 spiro atoms. The average molecular weight is 353 g/mol. The minimum atomic E-state index is -0.480. The molecule has 1 amide bonds. The molecule has 1 saturated heterocycles. The van der Waals surface area contributed by atoms with E-state index < -0.39 is 5.60 Å². The van der Waals surface area contributed by atoms with Crippen LogP contribution >= 0.6 is 11.3 Å². The Morgan fingerprint density at radius 3 is 2.88 bits per heavy atom. The van der Waals surface area contributed by atoms with E-state index >= 15 is 0 Å². The number of thiazole rings is 1. The normalized spacial score (nSPS) is 18.6. The lowest BCUT2D eigenvalue weighted by atomic mass is 10.2. The second kappa shape index (κ2) is 7.83. The number of nitrogens with zero attached hydrogens (tertiary/aromatic N) is 3. The van der Waals surface area contributed by atoms with E-state index in [1.165, 1.54) is 4.88 Å². The first kappa shape index (κ1) is 18.5. The number of aliphatic imine (C=N–C) groups is 1. The van der Waals surface area contributed by atoms with E-state index in [9.17, 15) is 4.79 Å². The van der Waals surface area contributed by atoms with Gasteiger partial charge >= 0.3 is 6.09 Å². The number of ether oxygens (including phenoxy) is 1. The smallest absolute Gasteiger partial charge is 0.407 e. The van der Waals surface area contributed by atoms with Gasteiger partial charge in [-0.2, -0.15) is 0 Å². The summed E-state index contributed by atoms with van der Waals surface area (Å²) in [5.41, 5.74) is 2.42.